The summed E-state index contributed by atoms with van der Waals surface area (Å²) in [5, 5.41) is 0. The van der Waals surface area contributed by atoms with Gasteiger partial charge < -0.3 is 15.4 Å². The van der Waals surface area contributed by atoms with E-state index in [2.05, 4.69) is 22.6 Å². The molecule has 20 heavy (non-hydrogen) atoms. The van der Waals surface area contributed by atoms with Crippen molar-refractivity contribution in [2.75, 3.05) is 26.7 Å². The highest BCUT2D eigenvalue weighted by atomic mass is 127. The Bertz CT molecular complexity index is 424. The fourth-order valence-electron chi connectivity index (χ4n) is 1.58. The monoisotopic (exact) mass is 412 g/mol. The molecule has 1 aromatic carbocycles. The van der Waals surface area contributed by atoms with Crippen molar-refractivity contribution in [1.29, 1.82) is 0 Å². The summed E-state index contributed by atoms with van der Waals surface area (Å²) in [4.78, 5) is 13.6. The van der Waals surface area contributed by atoms with Gasteiger partial charge in [0.2, 0.25) is 0 Å². The number of nitrogens with zero attached hydrogens (tertiary/aromatic N) is 1. The van der Waals surface area contributed by atoms with E-state index >= 15 is 0 Å². The van der Waals surface area contributed by atoms with Gasteiger partial charge in [-0.15, -0.1) is 12.4 Å². The lowest BCUT2D eigenvalue weighted by atomic mass is 9.93. The Kier molecular flexibility index (Phi) is 8.46. The summed E-state index contributed by atoms with van der Waals surface area (Å²) in [5.74, 6) is 0.667. The normalized spacial score (nSPS) is 10.7. The van der Waals surface area contributed by atoms with Crippen LogP contribution in [0.15, 0.2) is 24.3 Å². The Morgan fingerprint density at radius 2 is 1.90 bits per heavy atom. The molecule has 1 aromatic rings. The van der Waals surface area contributed by atoms with E-state index in [1.165, 1.54) is 0 Å². The number of likely N-dealkylation sites (N-methyl/N-ethyl adjacent to an activating group) is 1. The van der Waals surface area contributed by atoms with Gasteiger partial charge in [-0.2, -0.15) is 0 Å². The number of ether oxygens (including phenoxy) is 1. The quantitative estimate of drug-likeness (QED) is 0.731. The van der Waals surface area contributed by atoms with Gasteiger partial charge in [0.15, 0.2) is 6.61 Å². The lowest BCUT2D eigenvalue weighted by Crippen LogP contribution is -2.41. The molecule has 0 aliphatic rings. The van der Waals surface area contributed by atoms with Gasteiger partial charge in [0, 0.05) is 17.2 Å². The van der Waals surface area contributed by atoms with Crippen molar-refractivity contribution in [1.82, 2.24) is 4.90 Å². The smallest absolute Gasteiger partial charge is 0.260 e. The van der Waals surface area contributed by atoms with E-state index in [1.807, 2.05) is 38.1 Å². The van der Waals surface area contributed by atoms with Crippen LogP contribution in [0.3, 0.4) is 0 Å². The van der Waals surface area contributed by atoms with Crippen LogP contribution < -0.4 is 10.5 Å². The van der Waals surface area contributed by atoms with Gasteiger partial charge in [0.25, 0.3) is 5.91 Å². The largest absolute Gasteiger partial charge is 0.484 e. The molecule has 0 saturated carbocycles. The molecule has 6 heteroatoms. The second kappa shape index (κ2) is 8.69. The standard InChI is InChI=1S/C14H21IN2O2.ClH/c1-14(2,9-16)10-17(3)13(18)8-19-12-6-4-11(15)5-7-12;/h4-7H,8-10,16H2,1-3H3;1H. The number of hydrogen-bond acceptors (Lipinski definition) is 3. The first-order chi connectivity index (χ1) is 8.84. The first kappa shape index (κ1) is 19.5. The van der Waals surface area contributed by atoms with Gasteiger partial charge >= 0.3 is 0 Å². The molecule has 0 saturated heterocycles. The number of hydrogen-bond donors (Lipinski definition) is 1. The van der Waals surface area contributed by atoms with Crippen LogP contribution in [0.2, 0.25) is 0 Å². The van der Waals surface area contributed by atoms with E-state index in [1.54, 1.807) is 11.9 Å². The van der Waals surface area contributed by atoms with Crippen LogP contribution in [0, 0.1) is 8.99 Å². The molecule has 1 rings (SSSR count). The van der Waals surface area contributed by atoms with Gasteiger partial charge in [-0.1, -0.05) is 13.8 Å². The number of carbonyl (C=O) groups is 1. The molecule has 0 heterocycles. The van der Waals surface area contributed by atoms with Crippen molar-refractivity contribution in [3.8, 4) is 5.75 Å². The number of halogens is 2. The molecule has 0 radical (unpaired) electrons. The third-order valence-corrected chi connectivity index (χ3v) is 3.54. The average Bonchev–Trinajstić information content (AvgIpc) is 2.37. The molecule has 0 aromatic heterocycles. The summed E-state index contributed by atoms with van der Waals surface area (Å²) < 4.78 is 6.60. The van der Waals surface area contributed by atoms with Crippen LogP contribution in [-0.2, 0) is 4.79 Å². The minimum atomic E-state index is -0.0761. The average molecular weight is 413 g/mol. The van der Waals surface area contributed by atoms with Crippen molar-refractivity contribution >= 4 is 40.9 Å². The Morgan fingerprint density at radius 1 is 1.35 bits per heavy atom. The Balaban J connectivity index is 0.00000361. The van der Waals surface area contributed by atoms with Crippen LogP contribution in [0.4, 0.5) is 0 Å². The Morgan fingerprint density at radius 3 is 2.40 bits per heavy atom. The zero-order valence-corrected chi connectivity index (χ0v) is 15.0. The van der Waals surface area contributed by atoms with Crippen molar-refractivity contribution in [2.24, 2.45) is 11.1 Å². The maximum Gasteiger partial charge on any atom is 0.260 e. The lowest BCUT2D eigenvalue weighted by molar-refractivity contribution is -0.133. The SMILES string of the molecule is CN(CC(C)(C)CN)C(=O)COc1ccc(I)cc1.Cl. The highest BCUT2D eigenvalue weighted by Gasteiger charge is 2.21. The highest BCUT2D eigenvalue weighted by Crippen LogP contribution is 2.15. The van der Waals surface area contributed by atoms with Crippen molar-refractivity contribution in [2.45, 2.75) is 13.8 Å². The molecule has 1 amide bonds. The van der Waals surface area contributed by atoms with E-state index in [4.69, 9.17) is 10.5 Å². The molecule has 4 nitrogen and oxygen atoms in total. The van der Waals surface area contributed by atoms with E-state index in [0.717, 1.165) is 3.57 Å². The minimum Gasteiger partial charge on any atom is -0.484 e. The summed E-state index contributed by atoms with van der Waals surface area (Å²) in [5.41, 5.74) is 5.59. The van der Waals surface area contributed by atoms with Crippen LogP contribution in [0.5, 0.6) is 5.75 Å². The van der Waals surface area contributed by atoms with E-state index in [-0.39, 0.29) is 30.3 Å². The number of amides is 1. The summed E-state index contributed by atoms with van der Waals surface area (Å²) in [7, 11) is 1.77. The van der Waals surface area contributed by atoms with Crippen LogP contribution in [-0.4, -0.2) is 37.6 Å². The Hall–Kier alpha value is -0.530. The highest BCUT2D eigenvalue weighted by molar-refractivity contribution is 14.1. The van der Waals surface area contributed by atoms with Crippen molar-refractivity contribution in [3.63, 3.8) is 0 Å². The summed E-state index contributed by atoms with van der Waals surface area (Å²) >= 11 is 2.23. The predicted octanol–water partition coefficient (Wildman–Crippen LogP) is 2.54. The number of benzene rings is 1. The number of nitrogens with two attached hydrogens (primary N) is 1. The van der Waals surface area contributed by atoms with Crippen molar-refractivity contribution in [3.05, 3.63) is 27.8 Å². The molecular weight excluding hydrogens is 391 g/mol. The maximum absolute atomic E-state index is 11.9. The Labute approximate surface area is 140 Å². The molecule has 0 aliphatic carbocycles. The second-order valence-corrected chi connectivity index (χ2v) is 6.61. The van der Waals surface area contributed by atoms with Gasteiger partial charge in [-0.3, -0.25) is 4.79 Å². The minimum absolute atomic E-state index is 0. The van der Waals surface area contributed by atoms with E-state index < -0.39 is 0 Å². The molecule has 114 valence electrons. The molecule has 0 bridgehead atoms. The van der Waals surface area contributed by atoms with E-state index in [9.17, 15) is 4.79 Å². The first-order valence-electron chi connectivity index (χ1n) is 6.16. The molecule has 0 unspecified atom stereocenters. The molecule has 0 spiro atoms. The van der Waals surface area contributed by atoms with Gasteiger partial charge in [-0.25, -0.2) is 0 Å². The maximum atomic E-state index is 11.9. The van der Waals surface area contributed by atoms with E-state index in [0.29, 0.717) is 18.8 Å². The first-order valence-corrected chi connectivity index (χ1v) is 7.24. The molecule has 0 atom stereocenters. The van der Waals surface area contributed by atoms with Gasteiger partial charge in [0.05, 0.1) is 0 Å². The zero-order valence-electron chi connectivity index (χ0n) is 12.1. The molecule has 2 N–H and O–H groups in total. The zero-order chi connectivity index (χ0) is 14.5. The van der Waals surface area contributed by atoms with Crippen LogP contribution in [0.25, 0.3) is 0 Å². The van der Waals surface area contributed by atoms with Gasteiger partial charge in [-0.05, 0) is 58.8 Å². The van der Waals surface area contributed by atoms with Crippen LogP contribution in [0.1, 0.15) is 13.8 Å². The molecule has 0 fully saturated rings. The summed E-state index contributed by atoms with van der Waals surface area (Å²) in [6.45, 7) is 5.30. The molecule has 0 aliphatic heterocycles. The summed E-state index contributed by atoms with van der Waals surface area (Å²) in [6.07, 6.45) is 0. The van der Waals surface area contributed by atoms with Crippen molar-refractivity contribution < 1.29 is 9.53 Å². The number of rotatable bonds is 6. The number of carbonyl (C=O) groups excluding carboxylic acids is 1. The molecular formula is C14H22ClIN2O2. The second-order valence-electron chi connectivity index (χ2n) is 5.36. The third-order valence-electron chi connectivity index (χ3n) is 2.82. The summed E-state index contributed by atoms with van der Waals surface area (Å²) in [6, 6.07) is 7.61. The predicted molar refractivity (Wildman–Crippen MR) is 92.4 cm³/mol. The third kappa shape index (κ3) is 6.76. The fraction of sp³-hybridized carbons (Fsp3) is 0.500. The van der Waals surface area contributed by atoms with Crippen LogP contribution >= 0.6 is 35.0 Å². The lowest BCUT2D eigenvalue weighted by Gasteiger charge is -2.29. The van der Waals surface area contributed by atoms with Gasteiger partial charge in [0.1, 0.15) is 5.75 Å². The topological polar surface area (TPSA) is 55.6 Å². The fourth-order valence-corrected chi connectivity index (χ4v) is 1.94.